The first kappa shape index (κ1) is 12.9. The Labute approximate surface area is 120 Å². The molecule has 0 aliphatic rings. The van der Waals surface area contributed by atoms with E-state index in [0.717, 1.165) is 16.8 Å². The van der Waals surface area contributed by atoms with E-state index in [-0.39, 0.29) is 12.2 Å². The number of hydrogen-bond acceptors (Lipinski definition) is 4. The highest BCUT2D eigenvalue weighted by Crippen LogP contribution is 2.20. The standard InChI is InChI=1S/C15H14N2O2S/c1-9-3-4-12(10(2)7-9)19-8-13-16-11-5-6-20-14(11)15(18)17-13/h3-7H,8H2,1-2H3,(H,16,17,18). The first-order chi connectivity index (χ1) is 9.63. The number of benzene rings is 1. The molecule has 5 heteroatoms. The van der Waals surface area contributed by atoms with Crippen molar-refractivity contribution in [2.45, 2.75) is 20.5 Å². The molecule has 2 aromatic heterocycles. The summed E-state index contributed by atoms with van der Waals surface area (Å²) in [5.41, 5.74) is 2.88. The van der Waals surface area contributed by atoms with E-state index in [9.17, 15) is 4.79 Å². The molecule has 0 spiro atoms. The fourth-order valence-corrected chi connectivity index (χ4v) is 2.82. The first-order valence-electron chi connectivity index (χ1n) is 6.30. The Morgan fingerprint density at radius 1 is 1.30 bits per heavy atom. The highest BCUT2D eigenvalue weighted by atomic mass is 32.1. The molecule has 0 bridgehead atoms. The van der Waals surface area contributed by atoms with E-state index in [2.05, 4.69) is 16.0 Å². The molecule has 0 fully saturated rings. The number of hydrogen-bond donors (Lipinski definition) is 1. The Morgan fingerprint density at radius 3 is 2.95 bits per heavy atom. The lowest BCUT2D eigenvalue weighted by molar-refractivity contribution is 0.294. The molecule has 0 saturated carbocycles. The molecule has 0 aliphatic heterocycles. The molecule has 0 amide bonds. The Kier molecular flexibility index (Phi) is 3.28. The van der Waals surface area contributed by atoms with Crippen LogP contribution < -0.4 is 10.3 Å². The van der Waals surface area contributed by atoms with Crippen molar-refractivity contribution in [3.05, 3.63) is 57.0 Å². The topological polar surface area (TPSA) is 55.0 Å². The third-order valence-corrected chi connectivity index (χ3v) is 3.96. The monoisotopic (exact) mass is 286 g/mol. The normalized spacial score (nSPS) is 10.9. The lowest BCUT2D eigenvalue weighted by Crippen LogP contribution is -2.12. The van der Waals surface area contributed by atoms with E-state index in [0.29, 0.717) is 10.5 Å². The van der Waals surface area contributed by atoms with Crippen LogP contribution in [0.15, 0.2) is 34.4 Å². The summed E-state index contributed by atoms with van der Waals surface area (Å²) in [6.07, 6.45) is 0. The maximum atomic E-state index is 11.8. The summed E-state index contributed by atoms with van der Waals surface area (Å²) >= 11 is 1.39. The van der Waals surface area contributed by atoms with Crippen LogP contribution >= 0.6 is 11.3 Å². The molecular formula is C15H14N2O2S. The maximum Gasteiger partial charge on any atom is 0.268 e. The number of rotatable bonds is 3. The Balaban J connectivity index is 1.84. The average molecular weight is 286 g/mol. The SMILES string of the molecule is Cc1ccc(OCc2nc3ccsc3c(=O)[nH]2)c(C)c1. The van der Waals surface area contributed by atoms with Gasteiger partial charge in [0.1, 0.15) is 22.9 Å². The largest absolute Gasteiger partial charge is 0.485 e. The Morgan fingerprint density at radius 2 is 2.15 bits per heavy atom. The molecule has 0 aliphatic carbocycles. The van der Waals surface area contributed by atoms with Crippen LogP contribution in [0.25, 0.3) is 10.2 Å². The van der Waals surface area contributed by atoms with E-state index in [4.69, 9.17) is 4.74 Å². The van der Waals surface area contributed by atoms with Gasteiger partial charge in [0.2, 0.25) is 0 Å². The van der Waals surface area contributed by atoms with E-state index in [1.54, 1.807) is 0 Å². The van der Waals surface area contributed by atoms with Crippen molar-refractivity contribution in [3.63, 3.8) is 0 Å². The zero-order chi connectivity index (χ0) is 14.1. The minimum Gasteiger partial charge on any atom is -0.485 e. The van der Waals surface area contributed by atoms with Crippen molar-refractivity contribution in [2.75, 3.05) is 0 Å². The van der Waals surface area contributed by atoms with Gasteiger partial charge in [-0.05, 0) is 36.9 Å². The van der Waals surface area contributed by atoms with Gasteiger partial charge in [-0.2, -0.15) is 0 Å². The first-order valence-corrected chi connectivity index (χ1v) is 7.18. The molecule has 0 radical (unpaired) electrons. The number of aryl methyl sites for hydroxylation is 2. The van der Waals surface area contributed by atoms with E-state index >= 15 is 0 Å². The summed E-state index contributed by atoms with van der Waals surface area (Å²) in [7, 11) is 0. The molecule has 0 unspecified atom stereocenters. The fraction of sp³-hybridized carbons (Fsp3) is 0.200. The summed E-state index contributed by atoms with van der Waals surface area (Å²) < 4.78 is 6.38. The lowest BCUT2D eigenvalue weighted by atomic mass is 10.1. The zero-order valence-corrected chi connectivity index (χ0v) is 12.1. The third kappa shape index (κ3) is 2.44. The predicted octanol–water partition coefficient (Wildman–Crippen LogP) is 3.18. The molecule has 3 aromatic rings. The zero-order valence-electron chi connectivity index (χ0n) is 11.3. The van der Waals surface area contributed by atoms with Crippen molar-refractivity contribution >= 4 is 21.6 Å². The maximum absolute atomic E-state index is 11.8. The number of fused-ring (bicyclic) bond motifs is 1. The number of thiophene rings is 1. The smallest absolute Gasteiger partial charge is 0.268 e. The van der Waals surface area contributed by atoms with Crippen LogP contribution in [0.5, 0.6) is 5.75 Å². The number of nitrogens with one attached hydrogen (secondary N) is 1. The van der Waals surface area contributed by atoms with Gasteiger partial charge in [-0.25, -0.2) is 4.98 Å². The van der Waals surface area contributed by atoms with Crippen LogP contribution in [0, 0.1) is 13.8 Å². The van der Waals surface area contributed by atoms with Crippen LogP contribution in [0.1, 0.15) is 17.0 Å². The molecule has 1 N–H and O–H groups in total. The summed E-state index contributed by atoms with van der Waals surface area (Å²) in [5.74, 6) is 1.35. The van der Waals surface area contributed by atoms with Gasteiger partial charge in [0.05, 0.1) is 5.52 Å². The van der Waals surface area contributed by atoms with Gasteiger partial charge in [-0.1, -0.05) is 17.7 Å². The Hall–Kier alpha value is -2.14. The quantitative estimate of drug-likeness (QED) is 0.804. The summed E-state index contributed by atoms with van der Waals surface area (Å²) in [6.45, 7) is 4.30. The second kappa shape index (κ2) is 5.09. The predicted molar refractivity (Wildman–Crippen MR) is 80.5 cm³/mol. The minimum absolute atomic E-state index is 0.107. The highest BCUT2D eigenvalue weighted by Gasteiger charge is 2.06. The molecule has 4 nitrogen and oxygen atoms in total. The van der Waals surface area contributed by atoms with Gasteiger partial charge in [0, 0.05) is 0 Å². The van der Waals surface area contributed by atoms with Crippen molar-refractivity contribution < 1.29 is 4.74 Å². The number of ether oxygens (including phenoxy) is 1. The van der Waals surface area contributed by atoms with Crippen molar-refractivity contribution in [1.29, 1.82) is 0 Å². The van der Waals surface area contributed by atoms with Crippen molar-refractivity contribution in [3.8, 4) is 5.75 Å². The van der Waals surface area contributed by atoms with Gasteiger partial charge in [0.25, 0.3) is 5.56 Å². The molecule has 1 aromatic carbocycles. The van der Waals surface area contributed by atoms with E-state index in [1.807, 2.05) is 37.4 Å². The summed E-state index contributed by atoms with van der Waals surface area (Å²) in [6, 6.07) is 7.84. The number of nitrogens with zero attached hydrogens (tertiary/aromatic N) is 1. The molecule has 0 atom stereocenters. The highest BCUT2D eigenvalue weighted by molar-refractivity contribution is 7.17. The van der Waals surface area contributed by atoms with E-state index in [1.165, 1.54) is 16.9 Å². The summed E-state index contributed by atoms with van der Waals surface area (Å²) in [5, 5.41) is 1.86. The number of aromatic nitrogens is 2. The van der Waals surface area contributed by atoms with Gasteiger partial charge < -0.3 is 9.72 Å². The molecule has 2 heterocycles. The molecule has 20 heavy (non-hydrogen) atoms. The van der Waals surface area contributed by atoms with Gasteiger partial charge in [-0.15, -0.1) is 11.3 Å². The van der Waals surface area contributed by atoms with Crippen molar-refractivity contribution in [2.24, 2.45) is 0 Å². The van der Waals surface area contributed by atoms with Crippen molar-refractivity contribution in [1.82, 2.24) is 9.97 Å². The molecule has 0 saturated heterocycles. The Bertz CT molecular complexity index is 820. The van der Waals surface area contributed by atoms with Crippen LogP contribution in [0.2, 0.25) is 0 Å². The van der Waals surface area contributed by atoms with Gasteiger partial charge >= 0.3 is 0 Å². The fourth-order valence-electron chi connectivity index (χ4n) is 2.10. The average Bonchev–Trinajstić information content (AvgIpc) is 2.86. The molecule has 102 valence electrons. The second-order valence-corrected chi connectivity index (χ2v) is 5.62. The lowest BCUT2D eigenvalue weighted by Gasteiger charge is -2.09. The van der Waals surface area contributed by atoms with E-state index < -0.39 is 0 Å². The van der Waals surface area contributed by atoms with Gasteiger partial charge in [-0.3, -0.25) is 4.79 Å². The van der Waals surface area contributed by atoms with Crippen LogP contribution in [0.3, 0.4) is 0 Å². The van der Waals surface area contributed by atoms with Gasteiger partial charge in [0.15, 0.2) is 0 Å². The minimum atomic E-state index is -0.107. The van der Waals surface area contributed by atoms with Crippen LogP contribution in [-0.4, -0.2) is 9.97 Å². The summed E-state index contributed by atoms with van der Waals surface area (Å²) in [4.78, 5) is 19.0. The third-order valence-electron chi connectivity index (χ3n) is 3.06. The van der Waals surface area contributed by atoms with Crippen LogP contribution in [0.4, 0.5) is 0 Å². The second-order valence-electron chi connectivity index (χ2n) is 4.71. The molecule has 3 rings (SSSR count). The number of aromatic amines is 1. The van der Waals surface area contributed by atoms with Crippen LogP contribution in [-0.2, 0) is 6.61 Å². The molecular weight excluding hydrogens is 272 g/mol. The number of H-pyrrole nitrogens is 1.